The maximum absolute atomic E-state index is 4.04. The molecule has 1 heterocycles. The Bertz CT molecular complexity index is 705. The summed E-state index contributed by atoms with van der Waals surface area (Å²) >= 11 is 3.51. The summed E-state index contributed by atoms with van der Waals surface area (Å²) in [4.78, 5) is 7.15. The Kier molecular flexibility index (Phi) is 4.06. The van der Waals surface area contributed by atoms with Crippen LogP contribution in [0.2, 0.25) is 0 Å². The molecule has 1 unspecified atom stereocenters. The molecule has 106 valence electrons. The zero-order chi connectivity index (χ0) is 14.7. The van der Waals surface area contributed by atoms with E-state index >= 15 is 0 Å². The maximum Gasteiger partial charge on any atom is 0.0924 e. The fourth-order valence-corrected chi connectivity index (χ4v) is 2.69. The van der Waals surface area contributed by atoms with Gasteiger partial charge in [-0.1, -0.05) is 40.2 Å². The Morgan fingerprint density at radius 3 is 2.62 bits per heavy atom. The Morgan fingerprint density at radius 1 is 1.14 bits per heavy atom. The highest BCUT2D eigenvalue weighted by Gasteiger charge is 2.06. The molecule has 21 heavy (non-hydrogen) atoms. The van der Waals surface area contributed by atoms with E-state index < -0.39 is 0 Å². The monoisotopic (exact) mass is 341 g/mol. The van der Waals surface area contributed by atoms with Crippen LogP contribution in [0.25, 0.3) is 11.3 Å². The Morgan fingerprint density at radius 2 is 1.95 bits per heavy atom. The van der Waals surface area contributed by atoms with E-state index in [0.717, 1.165) is 21.4 Å². The van der Waals surface area contributed by atoms with E-state index in [4.69, 9.17) is 0 Å². The zero-order valence-corrected chi connectivity index (χ0v) is 13.3. The lowest BCUT2D eigenvalue weighted by atomic mass is 10.1. The molecule has 0 spiro atoms. The van der Waals surface area contributed by atoms with Crippen molar-refractivity contribution in [2.24, 2.45) is 0 Å². The number of halogens is 1. The van der Waals surface area contributed by atoms with Gasteiger partial charge in [-0.2, -0.15) is 0 Å². The molecule has 2 aromatic carbocycles. The summed E-state index contributed by atoms with van der Waals surface area (Å²) in [5.74, 6) is 0. The lowest BCUT2D eigenvalue weighted by Crippen LogP contribution is -2.06. The van der Waals surface area contributed by atoms with E-state index in [0.29, 0.717) is 0 Å². The number of rotatable bonds is 4. The number of benzene rings is 2. The summed E-state index contributed by atoms with van der Waals surface area (Å²) in [7, 11) is 0. The van der Waals surface area contributed by atoms with Crippen molar-refractivity contribution >= 4 is 21.6 Å². The van der Waals surface area contributed by atoms with Crippen LogP contribution in [0.4, 0.5) is 5.69 Å². The van der Waals surface area contributed by atoms with Crippen LogP contribution in [0.3, 0.4) is 0 Å². The van der Waals surface area contributed by atoms with E-state index in [2.05, 4.69) is 80.6 Å². The van der Waals surface area contributed by atoms with Crippen molar-refractivity contribution in [1.82, 2.24) is 9.97 Å². The minimum absolute atomic E-state index is 0.250. The topological polar surface area (TPSA) is 40.7 Å². The molecule has 0 amide bonds. The maximum atomic E-state index is 4.04. The van der Waals surface area contributed by atoms with Crippen molar-refractivity contribution in [3.05, 3.63) is 71.1 Å². The van der Waals surface area contributed by atoms with Crippen LogP contribution >= 0.6 is 15.9 Å². The lowest BCUT2D eigenvalue weighted by Gasteiger charge is -2.16. The van der Waals surface area contributed by atoms with E-state index in [1.165, 1.54) is 5.56 Å². The van der Waals surface area contributed by atoms with E-state index in [1.807, 2.05) is 12.3 Å². The third-order valence-electron chi connectivity index (χ3n) is 3.43. The molecular weight excluding hydrogens is 326 g/mol. The largest absolute Gasteiger partial charge is 0.379 e. The molecule has 0 aliphatic rings. The van der Waals surface area contributed by atoms with Crippen LogP contribution < -0.4 is 5.32 Å². The number of nitrogens with zero attached hydrogens (tertiary/aromatic N) is 1. The van der Waals surface area contributed by atoms with Crippen LogP contribution in [0.15, 0.2) is 65.5 Å². The number of hydrogen-bond donors (Lipinski definition) is 2. The molecule has 1 aromatic heterocycles. The van der Waals surface area contributed by atoms with Crippen molar-refractivity contribution in [1.29, 1.82) is 0 Å². The van der Waals surface area contributed by atoms with Crippen LogP contribution in [0.1, 0.15) is 18.5 Å². The smallest absolute Gasteiger partial charge is 0.0924 e. The summed E-state index contributed by atoms with van der Waals surface area (Å²) in [5, 5.41) is 3.51. The van der Waals surface area contributed by atoms with E-state index in [9.17, 15) is 0 Å². The summed E-state index contributed by atoms with van der Waals surface area (Å²) in [5.41, 5.74) is 4.52. The van der Waals surface area contributed by atoms with Crippen LogP contribution in [-0.4, -0.2) is 9.97 Å². The number of H-pyrrole nitrogens is 1. The normalized spacial score (nSPS) is 12.1. The van der Waals surface area contributed by atoms with Gasteiger partial charge in [0.2, 0.25) is 0 Å². The molecule has 1 atom stereocenters. The molecule has 0 saturated carbocycles. The second-order valence-corrected chi connectivity index (χ2v) is 5.88. The lowest BCUT2D eigenvalue weighted by molar-refractivity contribution is 0.884. The first kappa shape index (κ1) is 13.9. The Balaban J connectivity index is 1.73. The zero-order valence-electron chi connectivity index (χ0n) is 11.7. The number of anilines is 1. The highest BCUT2D eigenvalue weighted by Crippen LogP contribution is 2.24. The molecule has 0 bridgehead atoms. The van der Waals surface area contributed by atoms with Crippen molar-refractivity contribution in [3.8, 4) is 11.3 Å². The summed E-state index contributed by atoms with van der Waals surface area (Å²) in [6, 6.07) is 17.0. The van der Waals surface area contributed by atoms with Crippen molar-refractivity contribution in [2.75, 3.05) is 5.32 Å². The van der Waals surface area contributed by atoms with Gasteiger partial charge in [0.15, 0.2) is 0 Å². The Hall–Kier alpha value is -2.07. The second-order valence-electron chi connectivity index (χ2n) is 4.96. The average molecular weight is 342 g/mol. The summed E-state index contributed by atoms with van der Waals surface area (Å²) in [6.45, 7) is 2.16. The fraction of sp³-hybridized carbons (Fsp3) is 0.118. The minimum Gasteiger partial charge on any atom is -0.379 e. The number of aromatic amines is 1. The number of aromatic nitrogens is 2. The third-order valence-corrected chi connectivity index (χ3v) is 3.92. The molecule has 3 aromatic rings. The van der Waals surface area contributed by atoms with Crippen molar-refractivity contribution in [2.45, 2.75) is 13.0 Å². The van der Waals surface area contributed by atoms with Gasteiger partial charge in [0.05, 0.1) is 18.2 Å². The number of imidazole rings is 1. The van der Waals surface area contributed by atoms with Gasteiger partial charge in [-0.25, -0.2) is 4.98 Å². The SMILES string of the molecule is CC(Nc1ccc(-c2cnc[nH]2)cc1)c1cccc(Br)c1. The first-order valence-corrected chi connectivity index (χ1v) is 7.62. The predicted octanol–water partition coefficient (Wildman–Crippen LogP) is 5.01. The van der Waals surface area contributed by atoms with E-state index in [1.54, 1.807) is 6.33 Å². The minimum atomic E-state index is 0.250. The van der Waals surface area contributed by atoms with Gasteiger partial charge in [-0.05, 0) is 42.3 Å². The quantitative estimate of drug-likeness (QED) is 0.700. The summed E-state index contributed by atoms with van der Waals surface area (Å²) < 4.78 is 1.10. The molecule has 0 radical (unpaired) electrons. The van der Waals surface area contributed by atoms with E-state index in [-0.39, 0.29) is 6.04 Å². The molecule has 0 aliphatic heterocycles. The van der Waals surface area contributed by atoms with Gasteiger partial charge in [-0.3, -0.25) is 0 Å². The van der Waals surface area contributed by atoms with Crippen LogP contribution in [-0.2, 0) is 0 Å². The van der Waals surface area contributed by atoms with Gasteiger partial charge in [0.25, 0.3) is 0 Å². The third kappa shape index (κ3) is 3.34. The van der Waals surface area contributed by atoms with Gasteiger partial charge in [0, 0.05) is 16.2 Å². The fourth-order valence-electron chi connectivity index (χ4n) is 2.27. The van der Waals surface area contributed by atoms with Gasteiger partial charge < -0.3 is 10.3 Å². The summed E-state index contributed by atoms with van der Waals surface area (Å²) in [6.07, 6.45) is 3.52. The molecule has 0 aliphatic carbocycles. The number of hydrogen-bond acceptors (Lipinski definition) is 2. The van der Waals surface area contributed by atoms with Crippen molar-refractivity contribution < 1.29 is 0 Å². The first-order valence-electron chi connectivity index (χ1n) is 6.83. The second kappa shape index (κ2) is 6.14. The van der Waals surface area contributed by atoms with Gasteiger partial charge >= 0.3 is 0 Å². The molecule has 2 N–H and O–H groups in total. The standard InChI is InChI=1S/C17H16BrN3/c1-12(14-3-2-4-15(18)9-14)21-16-7-5-13(6-8-16)17-10-19-11-20-17/h2-12,21H,1H3,(H,19,20). The molecular formula is C17H16BrN3. The Labute approximate surface area is 132 Å². The van der Waals surface area contributed by atoms with Gasteiger partial charge in [0.1, 0.15) is 0 Å². The molecule has 0 fully saturated rings. The molecule has 3 rings (SSSR count). The van der Waals surface area contributed by atoms with Crippen LogP contribution in [0.5, 0.6) is 0 Å². The van der Waals surface area contributed by atoms with Crippen molar-refractivity contribution in [3.63, 3.8) is 0 Å². The van der Waals surface area contributed by atoms with Gasteiger partial charge in [-0.15, -0.1) is 0 Å². The number of nitrogens with one attached hydrogen (secondary N) is 2. The van der Waals surface area contributed by atoms with Crippen LogP contribution in [0, 0.1) is 0 Å². The average Bonchev–Trinajstić information content (AvgIpc) is 3.02. The first-order chi connectivity index (χ1) is 10.2. The highest BCUT2D eigenvalue weighted by molar-refractivity contribution is 9.10. The molecule has 3 nitrogen and oxygen atoms in total. The molecule has 0 saturated heterocycles. The highest BCUT2D eigenvalue weighted by atomic mass is 79.9. The molecule has 4 heteroatoms. The predicted molar refractivity (Wildman–Crippen MR) is 90.2 cm³/mol.